The summed E-state index contributed by atoms with van der Waals surface area (Å²) in [7, 11) is 0. The standard InChI is InChI=1S/C12H11N3OS/c1-2-9(16-6-1)3-5-13-12-11-10(4-7-17-11)14-8-15-12/h1-2,4,6-8H,3,5H2,(H,13,14,15). The number of hydrogen-bond donors (Lipinski definition) is 1. The zero-order valence-corrected chi connectivity index (χ0v) is 9.91. The van der Waals surface area contributed by atoms with Gasteiger partial charge in [-0.2, -0.15) is 0 Å². The Morgan fingerprint density at radius 2 is 2.29 bits per heavy atom. The summed E-state index contributed by atoms with van der Waals surface area (Å²) in [6, 6.07) is 5.87. The predicted octanol–water partition coefficient (Wildman–Crippen LogP) is 2.94. The van der Waals surface area contributed by atoms with Crippen LogP contribution in [0.25, 0.3) is 10.2 Å². The van der Waals surface area contributed by atoms with Crippen molar-refractivity contribution in [2.24, 2.45) is 0 Å². The molecule has 0 aliphatic rings. The summed E-state index contributed by atoms with van der Waals surface area (Å²) in [5.41, 5.74) is 0.991. The summed E-state index contributed by atoms with van der Waals surface area (Å²) >= 11 is 1.65. The Bertz CT molecular complexity index is 603. The van der Waals surface area contributed by atoms with Gasteiger partial charge in [0.25, 0.3) is 0 Å². The highest BCUT2D eigenvalue weighted by molar-refractivity contribution is 7.17. The number of fused-ring (bicyclic) bond motifs is 1. The zero-order chi connectivity index (χ0) is 11.5. The van der Waals surface area contributed by atoms with Gasteiger partial charge in [-0.25, -0.2) is 9.97 Å². The molecule has 0 radical (unpaired) electrons. The molecule has 0 aliphatic heterocycles. The van der Waals surface area contributed by atoms with Crippen LogP contribution in [0.3, 0.4) is 0 Å². The lowest BCUT2D eigenvalue weighted by Gasteiger charge is -2.04. The predicted molar refractivity (Wildman–Crippen MR) is 68.3 cm³/mol. The van der Waals surface area contributed by atoms with Gasteiger partial charge >= 0.3 is 0 Å². The molecule has 1 N–H and O–H groups in total. The highest BCUT2D eigenvalue weighted by atomic mass is 32.1. The van der Waals surface area contributed by atoms with E-state index in [1.165, 1.54) is 0 Å². The van der Waals surface area contributed by atoms with Crippen LogP contribution in [0.5, 0.6) is 0 Å². The summed E-state index contributed by atoms with van der Waals surface area (Å²) in [5, 5.41) is 5.34. The molecule has 0 saturated heterocycles. The zero-order valence-electron chi connectivity index (χ0n) is 9.09. The first-order valence-corrected chi connectivity index (χ1v) is 6.26. The maximum Gasteiger partial charge on any atom is 0.147 e. The van der Waals surface area contributed by atoms with Crippen LogP contribution in [0.4, 0.5) is 5.82 Å². The van der Waals surface area contributed by atoms with Crippen molar-refractivity contribution >= 4 is 27.4 Å². The summed E-state index contributed by atoms with van der Waals surface area (Å²) < 4.78 is 6.38. The Kier molecular flexibility index (Phi) is 2.75. The number of nitrogens with one attached hydrogen (secondary N) is 1. The fraction of sp³-hybridized carbons (Fsp3) is 0.167. The van der Waals surface area contributed by atoms with Crippen molar-refractivity contribution < 1.29 is 4.42 Å². The van der Waals surface area contributed by atoms with E-state index in [2.05, 4.69) is 15.3 Å². The third kappa shape index (κ3) is 2.14. The van der Waals surface area contributed by atoms with Crippen molar-refractivity contribution in [1.82, 2.24) is 9.97 Å². The lowest BCUT2D eigenvalue weighted by atomic mass is 10.3. The van der Waals surface area contributed by atoms with Crippen LogP contribution < -0.4 is 5.32 Å². The van der Waals surface area contributed by atoms with Crippen LogP contribution >= 0.6 is 11.3 Å². The van der Waals surface area contributed by atoms with Gasteiger partial charge < -0.3 is 9.73 Å². The lowest BCUT2D eigenvalue weighted by molar-refractivity contribution is 0.513. The summed E-state index contributed by atoms with van der Waals surface area (Å²) in [4.78, 5) is 8.46. The Morgan fingerprint density at radius 3 is 3.18 bits per heavy atom. The number of aromatic nitrogens is 2. The number of hydrogen-bond acceptors (Lipinski definition) is 5. The molecule has 4 nitrogen and oxygen atoms in total. The minimum atomic E-state index is 0.803. The maximum atomic E-state index is 5.27. The second-order valence-corrected chi connectivity index (χ2v) is 4.53. The third-order valence-corrected chi connectivity index (χ3v) is 3.40. The van der Waals surface area contributed by atoms with Gasteiger partial charge in [0.05, 0.1) is 16.5 Å². The first-order valence-electron chi connectivity index (χ1n) is 5.38. The molecule has 0 amide bonds. The van der Waals surface area contributed by atoms with Gasteiger partial charge in [-0.05, 0) is 23.6 Å². The molecule has 3 aromatic heterocycles. The number of thiophene rings is 1. The van der Waals surface area contributed by atoms with Gasteiger partial charge in [-0.3, -0.25) is 0 Å². The second kappa shape index (κ2) is 4.55. The molecular formula is C12H11N3OS. The summed E-state index contributed by atoms with van der Waals surface area (Å²) in [6.45, 7) is 0.803. The molecule has 0 fully saturated rings. The maximum absolute atomic E-state index is 5.27. The number of anilines is 1. The second-order valence-electron chi connectivity index (χ2n) is 3.61. The lowest BCUT2D eigenvalue weighted by Crippen LogP contribution is -2.05. The van der Waals surface area contributed by atoms with Crippen LogP contribution in [-0.4, -0.2) is 16.5 Å². The van der Waals surface area contributed by atoms with Crippen LogP contribution in [-0.2, 0) is 6.42 Å². The van der Waals surface area contributed by atoms with E-state index in [9.17, 15) is 0 Å². The first-order chi connectivity index (χ1) is 8.43. The Balaban J connectivity index is 1.70. The minimum Gasteiger partial charge on any atom is -0.469 e. The highest BCUT2D eigenvalue weighted by Crippen LogP contribution is 2.24. The molecule has 0 aromatic carbocycles. The third-order valence-electron chi connectivity index (χ3n) is 2.49. The van der Waals surface area contributed by atoms with Crippen molar-refractivity contribution in [3.05, 3.63) is 41.9 Å². The van der Waals surface area contributed by atoms with E-state index in [0.29, 0.717) is 0 Å². The average Bonchev–Trinajstić information content (AvgIpc) is 2.99. The molecule has 0 bridgehead atoms. The van der Waals surface area contributed by atoms with Crippen LogP contribution in [0.15, 0.2) is 40.6 Å². The van der Waals surface area contributed by atoms with Crippen LogP contribution in [0.1, 0.15) is 5.76 Å². The molecule has 3 rings (SSSR count). The van der Waals surface area contributed by atoms with E-state index in [1.807, 2.05) is 23.6 Å². The monoisotopic (exact) mass is 245 g/mol. The molecular weight excluding hydrogens is 234 g/mol. The van der Waals surface area contributed by atoms with E-state index >= 15 is 0 Å². The van der Waals surface area contributed by atoms with E-state index < -0.39 is 0 Å². The Labute approximate surface area is 102 Å². The molecule has 3 heterocycles. The molecule has 0 spiro atoms. The Hall–Kier alpha value is -1.88. The molecule has 17 heavy (non-hydrogen) atoms. The topological polar surface area (TPSA) is 51.0 Å². The molecule has 0 saturated carbocycles. The molecule has 5 heteroatoms. The van der Waals surface area contributed by atoms with Crippen LogP contribution in [0.2, 0.25) is 0 Å². The first kappa shape index (κ1) is 10.3. The number of furan rings is 1. The van der Waals surface area contributed by atoms with Gasteiger partial charge in [-0.15, -0.1) is 11.3 Å². The summed E-state index contributed by atoms with van der Waals surface area (Å²) in [5.74, 6) is 1.88. The molecule has 3 aromatic rings. The van der Waals surface area contributed by atoms with Gasteiger partial charge in [-0.1, -0.05) is 0 Å². The van der Waals surface area contributed by atoms with Gasteiger partial charge in [0.1, 0.15) is 17.9 Å². The Morgan fingerprint density at radius 1 is 1.29 bits per heavy atom. The smallest absolute Gasteiger partial charge is 0.147 e. The van der Waals surface area contributed by atoms with Crippen LogP contribution in [0, 0.1) is 0 Å². The largest absolute Gasteiger partial charge is 0.469 e. The van der Waals surface area contributed by atoms with E-state index in [0.717, 1.165) is 34.8 Å². The van der Waals surface area contributed by atoms with Gasteiger partial charge in [0.15, 0.2) is 0 Å². The van der Waals surface area contributed by atoms with E-state index in [1.54, 1.807) is 23.9 Å². The van der Waals surface area contributed by atoms with Crippen molar-refractivity contribution in [2.45, 2.75) is 6.42 Å². The van der Waals surface area contributed by atoms with Gasteiger partial charge in [0, 0.05) is 13.0 Å². The van der Waals surface area contributed by atoms with Crippen molar-refractivity contribution in [3.8, 4) is 0 Å². The van der Waals surface area contributed by atoms with Crippen molar-refractivity contribution in [1.29, 1.82) is 0 Å². The fourth-order valence-electron chi connectivity index (χ4n) is 1.67. The van der Waals surface area contributed by atoms with Crippen molar-refractivity contribution in [2.75, 3.05) is 11.9 Å². The molecule has 86 valence electrons. The number of nitrogens with zero attached hydrogens (tertiary/aromatic N) is 2. The molecule has 0 aliphatic carbocycles. The van der Waals surface area contributed by atoms with E-state index in [-0.39, 0.29) is 0 Å². The normalized spacial score (nSPS) is 10.8. The quantitative estimate of drug-likeness (QED) is 0.767. The van der Waals surface area contributed by atoms with Gasteiger partial charge in [0.2, 0.25) is 0 Å². The molecule has 0 atom stereocenters. The molecule has 0 unspecified atom stereocenters. The average molecular weight is 245 g/mol. The summed E-state index contributed by atoms with van der Waals surface area (Å²) in [6.07, 6.45) is 4.13. The van der Waals surface area contributed by atoms with Crippen molar-refractivity contribution in [3.63, 3.8) is 0 Å². The highest BCUT2D eigenvalue weighted by Gasteiger charge is 2.04. The van der Waals surface area contributed by atoms with E-state index in [4.69, 9.17) is 4.42 Å². The number of rotatable bonds is 4. The minimum absolute atomic E-state index is 0.803. The fourth-order valence-corrected chi connectivity index (χ4v) is 2.48. The SMILES string of the molecule is c1coc(CCNc2ncnc3ccsc23)c1.